The average molecular weight is 375 g/mol. The minimum absolute atomic E-state index is 0.0994. The van der Waals surface area contributed by atoms with Crippen LogP contribution in [0.25, 0.3) is 0 Å². The molecular weight excluding hydrogens is 352 g/mol. The molecule has 1 saturated heterocycles. The molecule has 3 atom stereocenters. The lowest BCUT2D eigenvalue weighted by Crippen LogP contribution is -2.59. The molecule has 0 radical (unpaired) electrons. The lowest BCUT2D eigenvalue weighted by atomic mass is 9.83. The van der Waals surface area contributed by atoms with Gasteiger partial charge in [0.1, 0.15) is 6.10 Å². The van der Waals surface area contributed by atoms with Crippen LogP contribution in [0, 0.1) is 0 Å². The van der Waals surface area contributed by atoms with Gasteiger partial charge in [-0.15, -0.1) is 0 Å². The molecule has 2 rings (SSSR count). The van der Waals surface area contributed by atoms with Gasteiger partial charge in [0, 0.05) is 12.8 Å². The normalized spacial score (nSPS) is 32.8. The second-order valence-electron chi connectivity index (χ2n) is 5.81. The first kappa shape index (κ1) is 16.9. The molecule has 2 aliphatic rings. The van der Waals surface area contributed by atoms with E-state index in [1.165, 1.54) is 6.08 Å². The van der Waals surface area contributed by atoms with Crippen molar-refractivity contribution in [3.05, 3.63) is 12.2 Å². The third-order valence-electron chi connectivity index (χ3n) is 4.90. The molecule has 0 saturated carbocycles. The Labute approximate surface area is 135 Å². The van der Waals surface area contributed by atoms with Gasteiger partial charge in [0.2, 0.25) is 11.4 Å². The number of carbonyl (C=O) groups is 2. The summed E-state index contributed by atoms with van der Waals surface area (Å²) in [5.41, 5.74) is -1.11. The van der Waals surface area contributed by atoms with Crippen LogP contribution in [-0.2, 0) is 18.8 Å². The molecule has 0 aromatic heterocycles. The predicted molar refractivity (Wildman–Crippen MR) is 87.0 cm³/mol. The highest BCUT2D eigenvalue weighted by Crippen LogP contribution is 2.42. The zero-order chi connectivity index (χ0) is 15.7. The Morgan fingerprint density at radius 3 is 2.43 bits per heavy atom. The first-order valence-electron chi connectivity index (χ1n) is 7.69. The molecule has 1 fully saturated rings. The molecule has 4 nitrogen and oxygen atoms in total. The highest BCUT2D eigenvalue weighted by molar-refractivity contribution is 9.09. The van der Waals surface area contributed by atoms with E-state index in [9.17, 15) is 9.59 Å². The largest absolute Gasteiger partial charge is 0.448 e. The molecule has 0 N–H and O–H groups in total. The van der Waals surface area contributed by atoms with Crippen LogP contribution in [0.15, 0.2) is 12.2 Å². The van der Waals surface area contributed by atoms with Crippen molar-refractivity contribution in [1.82, 2.24) is 0 Å². The summed E-state index contributed by atoms with van der Waals surface area (Å²) in [6.07, 6.45) is 3.63. The number of ether oxygens (including phenoxy) is 1. The second kappa shape index (κ2) is 6.34. The van der Waals surface area contributed by atoms with Crippen molar-refractivity contribution in [3.8, 4) is 0 Å². The summed E-state index contributed by atoms with van der Waals surface area (Å²) in [5.74, 6) is -0.441. The molecule has 0 aromatic rings. The molecule has 6 heteroatoms. The Kier molecular flexibility index (Phi) is 5.10. The van der Waals surface area contributed by atoms with Gasteiger partial charge in [-0.25, -0.2) is 0 Å². The molecule has 1 aliphatic heterocycles. The van der Waals surface area contributed by atoms with Crippen LogP contribution >= 0.6 is 15.9 Å². The van der Waals surface area contributed by atoms with Gasteiger partial charge in [-0.1, -0.05) is 42.8 Å². The van der Waals surface area contributed by atoms with E-state index >= 15 is 0 Å². The van der Waals surface area contributed by atoms with Crippen LogP contribution in [0.2, 0.25) is 18.1 Å². The fraction of sp³-hybridized carbons (Fsp3) is 0.733. The van der Waals surface area contributed by atoms with Crippen LogP contribution in [0.1, 0.15) is 33.6 Å². The van der Waals surface area contributed by atoms with E-state index in [1.54, 1.807) is 0 Å². The van der Waals surface area contributed by atoms with Crippen LogP contribution in [0.5, 0.6) is 0 Å². The number of carbonyl (C=O) groups excluding carboxylic acids is 2. The van der Waals surface area contributed by atoms with Gasteiger partial charge in [-0.3, -0.25) is 9.59 Å². The number of rotatable bonds is 5. The van der Waals surface area contributed by atoms with E-state index in [-0.39, 0.29) is 23.0 Å². The third kappa shape index (κ3) is 2.90. The Bertz CT molecular complexity index is 452. The summed E-state index contributed by atoms with van der Waals surface area (Å²) in [6.45, 7) is 6.45. The van der Waals surface area contributed by atoms with Crippen LogP contribution in [-0.4, -0.2) is 36.6 Å². The van der Waals surface area contributed by atoms with Gasteiger partial charge < -0.3 is 9.16 Å². The van der Waals surface area contributed by atoms with Crippen molar-refractivity contribution in [2.24, 2.45) is 0 Å². The van der Waals surface area contributed by atoms with Gasteiger partial charge in [0.25, 0.3) is 0 Å². The summed E-state index contributed by atoms with van der Waals surface area (Å²) in [7, 11) is -1.90. The molecule has 0 amide bonds. The number of esters is 1. The predicted octanol–water partition coefficient (Wildman–Crippen LogP) is 3.36. The SMILES string of the molecule is CC[Si](CC)(CC)O[C@@H]1[C@@H](Br)C=CC(=O)[C@]12CCC(=O)O2. The molecule has 0 bridgehead atoms. The standard InChI is InChI=1S/C15H23BrO4Si/c1-4-21(5-2,6-3)20-14-11(16)7-8-12(17)15(14)10-9-13(18)19-15/h7-8,11,14H,4-6,9-10H2,1-3H3/t11-,14+,15+/m0/s1. The van der Waals surface area contributed by atoms with Gasteiger partial charge in [-0.05, 0) is 24.2 Å². The van der Waals surface area contributed by atoms with Crippen LogP contribution in [0.3, 0.4) is 0 Å². The summed E-state index contributed by atoms with van der Waals surface area (Å²) >= 11 is 3.59. The summed E-state index contributed by atoms with van der Waals surface area (Å²) < 4.78 is 12.0. The Morgan fingerprint density at radius 1 is 1.33 bits per heavy atom. The zero-order valence-corrected chi connectivity index (χ0v) is 15.4. The minimum Gasteiger partial charge on any atom is -0.448 e. The average Bonchev–Trinajstić information content (AvgIpc) is 2.88. The van der Waals surface area contributed by atoms with E-state index < -0.39 is 20.0 Å². The van der Waals surface area contributed by atoms with Crippen molar-refractivity contribution >= 4 is 36.0 Å². The number of halogens is 1. The molecule has 0 unspecified atom stereocenters. The van der Waals surface area contributed by atoms with Crippen molar-refractivity contribution in [2.45, 2.75) is 68.3 Å². The van der Waals surface area contributed by atoms with E-state index in [0.717, 1.165) is 18.1 Å². The smallest absolute Gasteiger partial charge is 0.307 e. The monoisotopic (exact) mass is 374 g/mol. The van der Waals surface area contributed by atoms with Gasteiger partial charge in [0.15, 0.2) is 8.32 Å². The molecule has 1 aliphatic carbocycles. The van der Waals surface area contributed by atoms with E-state index in [1.807, 2.05) is 6.08 Å². The molecule has 118 valence electrons. The van der Waals surface area contributed by atoms with Crippen molar-refractivity contribution in [1.29, 1.82) is 0 Å². The van der Waals surface area contributed by atoms with E-state index in [4.69, 9.17) is 9.16 Å². The van der Waals surface area contributed by atoms with E-state index in [0.29, 0.717) is 6.42 Å². The molecular formula is C15H23BrO4Si. The first-order valence-corrected chi connectivity index (χ1v) is 11.1. The van der Waals surface area contributed by atoms with Crippen molar-refractivity contribution < 1.29 is 18.8 Å². The minimum atomic E-state index is -1.90. The maximum atomic E-state index is 12.4. The number of ketones is 1. The summed E-state index contributed by atoms with van der Waals surface area (Å²) in [6, 6.07) is 2.99. The molecule has 0 aromatic carbocycles. The van der Waals surface area contributed by atoms with Gasteiger partial charge >= 0.3 is 5.97 Å². The maximum absolute atomic E-state index is 12.4. The van der Waals surface area contributed by atoms with Gasteiger partial charge in [-0.2, -0.15) is 0 Å². The Hall–Kier alpha value is -0.463. The highest BCUT2D eigenvalue weighted by atomic mass is 79.9. The first-order chi connectivity index (χ1) is 9.93. The summed E-state index contributed by atoms with van der Waals surface area (Å²) in [4.78, 5) is 24.0. The lowest BCUT2D eigenvalue weighted by molar-refractivity contribution is -0.165. The number of alkyl halides is 1. The maximum Gasteiger partial charge on any atom is 0.307 e. The highest BCUT2D eigenvalue weighted by Gasteiger charge is 2.57. The molecule has 1 spiro atoms. The Balaban J connectivity index is 2.36. The second-order valence-corrected chi connectivity index (χ2v) is 11.6. The molecule has 1 heterocycles. The lowest BCUT2D eigenvalue weighted by Gasteiger charge is -2.43. The quantitative estimate of drug-likeness (QED) is 0.420. The van der Waals surface area contributed by atoms with E-state index in [2.05, 4.69) is 36.7 Å². The van der Waals surface area contributed by atoms with Crippen molar-refractivity contribution in [2.75, 3.05) is 0 Å². The summed E-state index contributed by atoms with van der Waals surface area (Å²) in [5, 5.41) is 0. The third-order valence-corrected chi connectivity index (χ3v) is 10.3. The van der Waals surface area contributed by atoms with Crippen LogP contribution < -0.4 is 0 Å². The Morgan fingerprint density at radius 2 is 1.95 bits per heavy atom. The van der Waals surface area contributed by atoms with Crippen LogP contribution in [0.4, 0.5) is 0 Å². The molecule has 21 heavy (non-hydrogen) atoms. The number of hydrogen-bond donors (Lipinski definition) is 0. The van der Waals surface area contributed by atoms with Gasteiger partial charge in [0.05, 0.1) is 4.83 Å². The topological polar surface area (TPSA) is 52.6 Å². The number of hydrogen-bond acceptors (Lipinski definition) is 4. The van der Waals surface area contributed by atoms with Crippen molar-refractivity contribution in [3.63, 3.8) is 0 Å². The fourth-order valence-electron chi connectivity index (χ4n) is 3.22. The zero-order valence-electron chi connectivity index (χ0n) is 12.9. The fourth-order valence-corrected chi connectivity index (χ4v) is 6.98.